The van der Waals surface area contributed by atoms with Crippen molar-refractivity contribution in [3.8, 4) is 0 Å². The molecule has 3 nitrogen and oxygen atoms in total. The predicted octanol–water partition coefficient (Wildman–Crippen LogP) is 3.21. The third kappa shape index (κ3) is 1.79. The van der Waals surface area contributed by atoms with Gasteiger partial charge in [-0.2, -0.15) is 0 Å². The summed E-state index contributed by atoms with van der Waals surface area (Å²) >= 11 is 0. The molecule has 2 heterocycles. The van der Waals surface area contributed by atoms with Crippen molar-refractivity contribution in [2.24, 2.45) is 4.99 Å². The van der Waals surface area contributed by atoms with Crippen molar-refractivity contribution in [1.29, 1.82) is 0 Å². The number of epoxide rings is 1. The van der Waals surface area contributed by atoms with E-state index in [0.29, 0.717) is 6.61 Å². The number of hydrogen-bond acceptors (Lipinski definition) is 3. The molecule has 0 N–H and O–H groups in total. The molecule has 3 rings (SSSR count). The average molecular weight is 259 g/mol. The van der Waals surface area contributed by atoms with Crippen LogP contribution in [-0.4, -0.2) is 23.6 Å². The summed E-state index contributed by atoms with van der Waals surface area (Å²) in [5.74, 6) is 0.737. The van der Waals surface area contributed by atoms with E-state index in [2.05, 4.69) is 63.9 Å². The van der Waals surface area contributed by atoms with Crippen molar-refractivity contribution >= 4 is 5.90 Å². The number of aryl methyl sites for hydroxylation is 1. The van der Waals surface area contributed by atoms with Gasteiger partial charge in [0.25, 0.3) is 0 Å². The van der Waals surface area contributed by atoms with Gasteiger partial charge in [-0.05, 0) is 40.2 Å². The molecule has 0 bridgehead atoms. The maximum absolute atomic E-state index is 6.04. The van der Waals surface area contributed by atoms with Crippen LogP contribution in [0.2, 0.25) is 0 Å². The lowest BCUT2D eigenvalue weighted by atomic mass is 9.88. The first kappa shape index (κ1) is 12.7. The Morgan fingerprint density at radius 1 is 1.00 bits per heavy atom. The molecule has 102 valence electrons. The van der Waals surface area contributed by atoms with Gasteiger partial charge >= 0.3 is 0 Å². The van der Waals surface area contributed by atoms with Gasteiger partial charge in [0, 0.05) is 0 Å². The van der Waals surface area contributed by atoms with Gasteiger partial charge in [0.2, 0.25) is 5.90 Å². The highest BCUT2D eigenvalue weighted by atomic mass is 16.7. The fraction of sp³-hybridized carbons (Fsp3) is 0.562. The Balaban J connectivity index is 1.92. The van der Waals surface area contributed by atoms with Gasteiger partial charge in [-0.1, -0.05) is 29.8 Å². The van der Waals surface area contributed by atoms with Gasteiger partial charge in [-0.15, -0.1) is 0 Å². The quantitative estimate of drug-likeness (QED) is 0.764. The second-order valence-corrected chi connectivity index (χ2v) is 6.55. The Kier molecular flexibility index (Phi) is 2.40. The summed E-state index contributed by atoms with van der Waals surface area (Å²) in [6, 6.07) is 8.48. The summed E-state index contributed by atoms with van der Waals surface area (Å²) in [7, 11) is 0. The summed E-state index contributed by atoms with van der Waals surface area (Å²) < 4.78 is 11.8. The molecule has 1 fully saturated rings. The van der Waals surface area contributed by atoms with Crippen LogP contribution < -0.4 is 0 Å². The average Bonchev–Trinajstić information content (AvgIpc) is 2.72. The molecule has 0 unspecified atom stereocenters. The van der Waals surface area contributed by atoms with Crippen molar-refractivity contribution < 1.29 is 9.47 Å². The zero-order chi connectivity index (χ0) is 13.9. The van der Waals surface area contributed by atoms with E-state index in [1.54, 1.807) is 0 Å². The molecule has 0 amide bonds. The minimum Gasteiger partial charge on any atom is -0.476 e. The van der Waals surface area contributed by atoms with Crippen LogP contribution in [0.3, 0.4) is 0 Å². The highest BCUT2D eigenvalue weighted by Gasteiger charge is 2.70. The second-order valence-electron chi connectivity index (χ2n) is 6.55. The Morgan fingerprint density at radius 2 is 1.63 bits per heavy atom. The van der Waals surface area contributed by atoms with E-state index < -0.39 is 5.60 Å². The Morgan fingerprint density at radius 3 is 2.16 bits per heavy atom. The molecular formula is C16H21NO2. The maximum Gasteiger partial charge on any atom is 0.220 e. The number of rotatable bonds is 2. The molecular weight excluding hydrogens is 238 g/mol. The minimum atomic E-state index is -0.434. The molecule has 0 radical (unpaired) electrons. The van der Waals surface area contributed by atoms with Crippen molar-refractivity contribution in [2.45, 2.75) is 51.4 Å². The molecule has 1 saturated heterocycles. The second kappa shape index (κ2) is 3.60. The third-order valence-electron chi connectivity index (χ3n) is 4.25. The van der Waals surface area contributed by atoms with Crippen LogP contribution in [0.5, 0.6) is 0 Å². The molecule has 0 saturated carbocycles. The summed E-state index contributed by atoms with van der Waals surface area (Å²) in [5, 5.41) is 0. The van der Waals surface area contributed by atoms with Gasteiger partial charge in [0.1, 0.15) is 12.2 Å². The normalized spacial score (nSPS) is 35.7. The standard InChI is InChI=1S/C16H21NO2/c1-11-6-8-12(9-7-11)15(4)16(5,19-15)13-17-14(2,3)10-18-13/h6-9H,10H2,1-5H3/t15-,16-/m1/s1. The van der Waals surface area contributed by atoms with E-state index in [4.69, 9.17) is 9.47 Å². The zero-order valence-corrected chi connectivity index (χ0v) is 12.3. The van der Waals surface area contributed by atoms with Crippen molar-refractivity contribution in [2.75, 3.05) is 6.61 Å². The van der Waals surface area contributed by atoms with Gasteiger partial charge in [0.05, 0.1) is 5.54 Å². The SMILES string of the molecule is Cc1ccc([C@@]2(C)O[C@]2(C)C2=NC(C)(C)CO2)cc1. The number of hydrogen-bond donors (Lipinski definition) is 0. The number of nitrogens with zero attached hydrogens (tertiary/aromatic N) is 1. The van der Waals surface area contributed by atoms with E-state index in [1.807, 2.05) is 0 Å². The topological polar surface area (TPSA) is 34.1 Å². The molecule has 2 aliphatic heterocycles. The van der Waals surface area contributed by atoms with E-state index in [0.717, 1.165) is 5.90 Å². The van der Waals surface area contributed by atoms with Crippen LogP contribution in [0.1, 0.15) is 38.8 Å². The lowest BCUT2D eigenvalue weighted by Gasteiger charge is -2.13. The molecule has 3 heteroatoms. The largest absolute Gasteiger partial charge is 0.476 e. The number of benzene rings is 1. The molecule has 1 aromatic rings. The summed E-state index contributed by atoms with van der Waals surface area (Å²) in [5.41, 5.74) is 1.52. The summed E-state index contributed by atoms with van der Waals surface area (Å²) in [6.45, 7) is 11.0. The van der Waals surface area contributed by atoms with Crippen LogP contribution >= 0.6 is 0 Å². The lowest BCUT2D eigenvalue weighted by Crippen LogP contribution is -2.28. The molecule has 0 spiro atoms. The summed E-state index contributed by atoms with van der Waals surface area (Å²) in [6.07, 6.45) is 0. The summed E-state index contributed by atoms with van der Waals surface area (Å²) in [4.78, 5) is 4.66. The first-order chi connectivity index (χ1) is 8.77. The van der Waals surface area contributed by atoms with Gasteiger partial charge < -0.3 is 9.47 Å². The van der Waals surface area contributed by atoms with Gasteiger partial charge in [-0.25, -0.2) is 4.99 Å². The van der Waals surface area contributed by atoms with E-state index in [1.165, 1.54) is 11.1 Å². The lowest BCUT2D eigenvalue weighted by molar-refractivity contribution is 0.247. The minimum absolute atomic E-state index is 0.140. The van der Waals surface area contributed by atoms with Crippen molar-refractivity contribution in [3.05, 3.63) is 35.4 Å². The fourth-order valence-corrected chi connectivity index (χ4v) is 2.67. The Bertz CT molecular complexity index is 546. The molecule has 19 heavy (non-hydrogen) atoms. The highest BCUT2D eigenvalue weighted by Crippen LogP contribution is 2.57. The van der Waals surface area contributed by atoms with E-state index >= 15 is 0 Å². The van der Waals surface area contributed by atoms with Crippen LogP contribution in [0.4, 0.5) is 0 Å². The maximum atomic E-state index is 6.04. The zero-order valence-electron chi connectivity index (χ0n) is 12.3. The van der Waals surface area contributed by atoms with Crippen LogP contribution in [-0.2, 0) is 15.1 Å². The first-order valence-corrected chi connectivity index (χ1v) is 6.77. The third-order valence-corrected chi connectivity index (χ3v) is 4.25. The molecule has 2 atom stereocenters. The van der Waals surface area contributed by atoms with Crippen LogP contribution in [0, 0.1) is 6.92 Å². The van der Waals surface area contributed by atoms with E-state index in [-0.39, 0.29) is 11.1 Å². The van der Waals surface area contributed by atoms with Crippen LogP contribution in [0.15, 0.2) is 29.3 Å². The van der Waals surface area contributed by atoms with E-state index in [9.17, 15) is 0 Å². The van der Waals surface area contributed by atoms with Crippen LogP contribution in [0.25, 0.3) is 0 Å². The Labute approximate surface area is 114 Å². The monoisotopic (exact) mass is 259 g/mol. The molecule has 1 aromatic carbocycles. The van der Waals surface area contributed by atoms with Gasteiger partial charge in [-0.3, -0.25) is 0 Å². The smallest absolute Gasteiger partial charge is 0.220 e. The predicted molar refractivity (Wildman–Crippen MR) is 75.5 cm³/mol. The molecule has 2 aliphatic rings. The highest BCUT2D eigenvalue weighted by molar-refractivity contribution is 5.91. The molecule has 0 aromatic heterocycles. The molecule has 0 aliphatic carbocycles. The number of aliphatic imine (C=N–C) groups is 1. The first-order valence-electron chi connectivity index (χ1n) is 6.77. The Hall–Kier alpha value is -1.35. The van der Waals surface area contributed by atoms with Crippen molar-refractivity contribution in [1.82, 2.24) is 0 Å². The fourth-order valence-electron chi connectivity index (χ4n) is 2.67. The van der Waals surface area contributed by atoms with Crippen molar-refractivity contribution in [3.63, 3.8) is 0 Å². The number of ether oxygens (including phenoxy) is 2. The van der Waals surface area contributed by atoms with Gasteiger partial charge in [0.15, 0.2) is 5.60 Å².